The first-order chi connectivity index (χ1) is 7.68. The van der Waals surface area contributed by atoms with Gasteiger partial charge in [-0.3, -0.25) is 0 Å². The Bertz CT molecular complexity index is 391. The van der Waals surface area contributed by atoms with Gasteiger partial charge in [0.2, 0.25) is 0 Å². The molecule has 1 aromatic carbocycles. The molecule has 0 unspecified atom stereocenters. The van der Waals surface area contributed by atoms with Crippen LogP contribution < -0.4 is 5.73 Å². The summed E-state index contributed by atoms with van der Waals surface area (Å²) >= 11 is 5.88. The summed E-state index contributed by atoms with van der Waals surface area (Å²) in [5, 5.41) is 0.306. The topological polar surface area (TPSA) is 38.4 Å². The van der Waals surface area contributed by atoms with Crippen LogP contribution in [0, 0.1) is 11.7 Å². The maximum atomic E-state index is 13.5. The first kappa shape index (κ1) is 11.4. The number of hydrogen-bond donors (Lipinski definition) is 1. The zero-order valence-corrected chi connectivity index (χ0v) is 9.67. The lowest BCUT2D eigenvalue weighted by molar-refractivity contribution is 0.629. The quantitative estimate of drug-likeness (QED) is 0.622. The molecule has 0 bridgehead atoms. The predicted molar refractivity (Wildman–Crippen MR) is 64.7 cm³/mol. The Morgan fingerprint density at radius 3 is 2.69 bits per heavy atom. The predicted octanol–water partition coefficient (Wildman–Crippen LogP) is 3.66. The number of rotatable bonds is 2. The van der Waals surface area contributed by atoms with Crippen LogP contribution in [0.3, 0.4) is 0 Å². The van der Waals surface area contributed by atoms with Crippen LogP contribution in [0.1, 0.15) is 25.7 Å². The van der Waals surface area contributed by atoms with Crippen LogP contribution in [-0.4, -0.2) is 5.84 Å². The first-order valence-electron chi connectivity index (χ1n) is 5.46. The van der Waals surface area contributed by atoms with Gasteiger partial charge in [-0.25, -0.2) is 9.38 Å². The Kier molecular flexibility index (Phi) is 3.44. The van der Waals surface area contributed by atoms with E-state index >= 15 is 0 Å². The van der Waals surface area contributed by atoms with Gasteiger partial charge in [0.15, 0.2) is 0 Å². The second-order valence-corrected chi connectivity index (χ2v) is 4.50. The molecule has 0 aromatic heterocycles. The molecule has 0 amide bonds. The zero-order valence-electron chi connectivity index (χ0n) is 8.92. The Balaban J connectivity index is 2.27. The molecule has 16 heavy (non-hydrogen) atoms. The second-order valence-electron chi connectivity index (χ2n) is 4.09. The van der Waals surface area contributed by atoms with Gasteiger partial charge in [-0.05, 0) is 25.0 Å². The van der Waals surface area contributed by atoms with E-state index in [0.29, 0.717) is 10.9 Å². The van der Waals surface area contributed by atoms with Gasteiger partial charge >= 0.3 is 0 Å². The average molecular weight is 241 g/mol. The molecular weight excluding hydrogens is 227 g/mol. The smallest absolute Gasteiger partial charge is 0.150 e. The molecular formula is C12H14ClFN2. The normalized spacial score (nSPS) is 18.0. The molecule has 86 valence electrons. The average Bonchev–Trinajstić information content (AvgIpc) is 2.76. The highest BCUT2D eigenvalue weighted by Crippen LogP contribution is 2.30. The molecule has 1 fully saturated rings. The summed E-state index contributed by atoms with van der Waals surface area (Å²) in [4.78, 5) is 4.13. The Morgan fingerprint density at radius 1 is 1.38 bits per heavy atom. The fourth-order valence-corrected chi connectivity index (χ4v) is 2.24. The number of hydrogen-bond acceptors (Lipinski definition) is 1. The number of nitrogens with two attached hydrogens (primary N) is 1. The highest BCUT2D eigenvalue weighted by atomic mass is 35.5. The molecule has 2 N–H and O–H groups in total. The van der Waals surface area contributed by atoms with E-state index in [-0.39, 0.29) is 11.6 Å². The first-order valence-corrected chi connectivity index (χ1v) is 5.84. The van der Waals surface area contributed by atoms with Crippen LogP contribution in [0.15, 0.2) is 23.2 Å². The number of nitrogens with zero attached hydrogens (tertiary/aromatic N) is 1. The van der Waals surface area contributed by atoms with E-state index in [1.165, 1.54) is 18.9 Å². The Hall–Kier alpha value is -1.09. The number of halogens is 2. The van der Waals surface area contributed by atoms with Gasteiger partial charge in [0, 0.05) is 5.92 Å². The van der Waals surface area contributed by atoms with E-state index in [0.717, 1.165) is 12.8 Å². The molecule has 1 aliphatic carbocycles. The van der Waals surface area contributed by atoms with Gasteiger partial charge < -0.3 is 5.73 Å². The zero-order chi connectivity index (χ0) is 11.5. The maximum absolute atomic E-state index is 13.5. The van der Waals surface area contributed by atoms with E-state index in [1.54, 1.807) is 12.1 Å². The lowest BCUT2D eigenvalue weighted by atomic mass is 10.1. The summed E-state index contributed by atoms with van der Waals surface area (Å²) in [6.07, 6.45) is 4.43. The second kappa shape index (κ2) is 4.83. The lowest BCUT2D eigenvalue weighted by Crippen LogP contribution is -2.20. The molecule has 0 spiro atoms. The molecule has 0 atom stereocenters. The van der Waals surface area contributed by atoms with Gasteiger partial charge in [-0.2, -0.15) is 0 Å². The number of amidine groups is 1. The minimum atomic E-state index is -0.423. The van der Waals surface area contributed by atoms with Gasteiger partial charge in [-0.1, -0.05) is 30.5 Å². The van der Waals surface area contributed by atoms with Crippen molar-refractivity contribution < 1.29 is 4.39 Å². The van der Waals surface area contributed by atoms with Gasteiger partial charge in [0.25, 0.3) is 0 Å². The Labute approximate surface area is 99.3 Å². The van der Waals surface area contributed by atoms with Gasteiger partial charge in [-0.15, -0.1) is 0 Å². The van der Waals surface area contributed by atoms with E-state index in [2.05, 4.69) is 4.99 Å². The molecule has 2 nitrogen and oxygen atoms in total. The van der Waals surface area contributed by atoms with Crippen molar-refractivity contribution in [2.24, 2.45) is 16.6 Å². The van der Waals surface area contributed by atoms with E-state index in [4.69, 9.17) is 17.3 Å². The summed E-state index contributed by atoms with van der Waals surface area (Å²) in [6, 6.07) is 4.51. The van der Waals surface area contributed by atoms with Crippen molar-refractivity contribution in [1.82, 2.24) is 0 Å². The van der Waals surface area contributed by atoms with Gasteiger partial charge in [0.1, 0.15) is 17.3 Å². The Morgan fingerprint density at radius 2 is 2.06 bits per heavy atom. The van der Waals surface area contributed by atoms with Crippen molar-refractivity contribution in [3.8, 4) is 0 Å². The third kappa shape index (κ3) is 2.35. The van der Waals surface area contributed by atoms with Crippen LogP contribution in [0.5, 0.6) is 0 Å². The van der Waals surface area contributed by atoms with Crippen molar-refractivity contribution in [3.05, 3.63) is 29.0 Å². The van der Waals surface area contributed by atoms with Crippen molar-refractivity contribution >= 4 is 23.1 Å². The van der Waals surface area contributed by atoms with E-state index in [9.17, 15) is 4.39 Å². The summed E-state index contributed by atoms with van der Waals surface area (Å²) < 4.78 is 13.5. The minimum absolute atomic E-state index is 0.161. The summed E-state index contributed by atoms with van der Waals surface area (Å²) in [5.74, 6) is 0.369. The molecule has 0 radical (unpaired) electrons. The molecule has 1 saturated carbocycles. The van der Waals surface area contributed by atoms with Crippen LogP contribution >= 0.6 is 11.6 Å². The highest BCUT2D eigenvalue weighted by Gasteiger charge is 2.19. The van der Waals surface area contributed by atoms with E-state index in [1.807, 2.05) is 0 Å². The molecule has 0 heterocycles. The maximum Gasteiger partial charge on any atom is 0.150 e. The summed E-state index contributed by atoms with van der Waals surface area (Å²) in [7, 11) is 0. The summed E-state index contributed by atoms with van der Waals surface area (Å²) in [5.41, 5.74) is 6.03. The molecule has 0 saturated heterocycles. The third-order valence-corrected chi connectivity index (χ3v) is 3.26. The van der Waals surface area contributed by atoms with Crippen LogP contribution in [0.2, 0.25) is 5.02 Å². The standard InChI is InChI=1S/C12H14ClFN2/c13-9-6-3-7-10(14)11(9)16-12(15)8-4-1-2-5-8/h3,6-8H,1-2,4-5H2,(H2,15,16). The van der Waals surface area contributed by atoms with Crippen molar-refractivity contribution in [2.45, 2.75) is 25.7 Å². The lowest BCUT2D eigenvalue weighted by Gasteiger charge is -2.08. The van der Waals surface area contributed by atoms with Crippen LogP contribution in [-0.2, 0) is 0 Å². The molecule has 2 rings (SSSR count). The molecule has 4 heteroatoms. The fraction of sp³-hybridized carbons (Fsp3) is 0.417. The molecule has 0 aliphatic heterocycles. The third-order valence-electron chi connectivity index (χ3n) is 2.95. The highest BCUT2D eigenvalue weighted by molar-refractivity contribution is 6.33. The van der Waals surface area contributed by atoms with Crippen molar-refractivity contribution in [3.63, 3.8) is 0 Å². The number of para-hydroxylation sites is 1. The number of benzene rings is 1. The van der Waals surface area contributed by atoms with Crippen molar-refractivity contribution in [2.75, 3.05) is 0 Å². The van der Waals surface area contributed by atoms with Crippen LogP contribution in [0.25, 0.3) is 0 Å². The van der Waals surface area contributed by atoms with Gasteiger partial charge in [0.05, 0.1) is 5.02 Å². The SMILES string of the molecule is NC(=Nc1c(F)cccc1Cl)C1CCCC1. The largest absolute Gasteiger partial charge is 0.387 e. The summed E-state index contributed by atoms with van der Waals surface area (Å²) in [6.45, 7) is 0. The molecule has 1 aromatic rings. The number of aliphatic imine (C=N–C) groups is 1. The monoisotopic (exact) mass is 240 g/mol. The van der Waals surface area contributed by atoms with E-state index < -0.39 is 5.82 Å². The fourth-order valence-electron chi connectivity index (χ4n) is 2.04. The van der Waals surface area contributed by atoms with Crippen LogP contribution in [0.4, 0.5) is 10.1 Å². The minimum Gasteiger partial charge on any atom is -0.387 e. The van der Waals surface area contributed by atoms with Crippen molar-refractivity contribution in [1.29, 1.82) is 0 Å². The molecule has 1 aliphatic rings.